The molecule has 0 spiro atoms. The molecule has 0 aliphatic carbocycles. The van der Waals surface area contributed by atoms with Gasteiger partial charge in [0.1, 0.15) is 5.75 Å². The molecule has 0 fully saturated rings. The number of carbonyl (C=O) groups excluding carboxylic acids is 1. The number of nitrogens with two attached hydrogens (primary N) is 1. The number of hydrogen-bond donors (Lipinski definition) is 3. The van der Waals surface area contributed by atoms with E-state index in [4.69, 9.17) is 5.73 Å². The Bertz CT molecular complexity index is 331. The first-order valence-corrected chi connectivity index (χ1v) is 4.38. The van der Waals surface area contributed by atoms with E-state index in [2.05, 4.69) is 5.32 Å². The Morgan fingerprint density at radius 2 is 2.27 bits per heavy atom. The molecule has 4 N–H and O–H groups in total. The SMILES string of the molecule is CNC(=O)[C@@H](N)Cc1cccc(O)c1.Cl. The Hall–Kier alpha value is -1.26. The molecule has 0 saturated heterocycles. The average molecular weight is 231 g/mol. The van der Waals surface area contributed by atoms with Crippen molar-refractivity contribution in [3.63, 3.8) is 0 Å². The van der Waals surface area contributed by atoms with Crippen LogP contribution in [-0.4, -0.2) is 24.1 Å². The zero-order valence-corrected chi connectivity index (χ0v) is 9.25. The number of nitrogens with one attached hydrogen (secondary N) is 1. The summed E-state index contributed by atoms with van der Waals surface area (Å²) in [6.07, 6.45) is 0.425. The fraction of sp³-hybridized carbons (Fsp3) is 0.300. The van der Waals surface area contributed by atoms with Gasteiger partial charge in [0.2, 0.25) is 5.91 Å². The molecule has 1 aromatic carbocycles. The summed E-state index contributed by atoms with van der Waals surface area (Å²) in [5, 5.41) is 11.7. The number of halogens is 1. The first-order chi connectivity index (χ1) is 6.63. The number of likely N-dealkylation sites (N-methyl/N-ethyl adjacent to an activating group) is 1. The lowest BCUT2D eigenvalue weighted by Crippen LogP contribution is -2.40. The lowest BCUT2D eigenvalue weighted by atomic mass is 10.1. The van der Waals surface area contributed by atoms with Crippen molar-refractivity contribution in [3.8, 4) is 5.75 Å². The first-order valence-electron chi connectivity index (χ1n) is 4.38. The smallest absolute Gasteiger partial charge is 0.237 e. The van der Waals surface area contributed by atoms with E-state index in [-0.39, 0.29) is 24.1 Å². The van der Waals surface area contributed by atoms with Crippen LogP contribution in [-0.2, 0) is 11.2 Å². The minimum absolute atomic E-state index is 0. The summed E-state index contributed by atoms with van der Waals surface area (Å²) in [5.41, 5.74) is 6.46. The van der Waals surface area contributed by atoms with Crippen LogP contribution in [0.5, 0.6) is 5.75 Å². The van der Waals surface area contributed by atoms with Gasteiger partial charge in [-0.05, 0) is 24.1 Å². The zero-order valence-electron chi connectivity index (χ0n) is 8.43. The van der Waals surface area contributed by atoms with E-state index in [1.807, 2.05) is 6.07 Å². The summed E-state index contributed by atoms with van der Waals surface area (Å²) >= 11 is 0. The van der Waals surface area contributed by atoms with Crippen LogP contribution in [0.3, 0.4) is 0 Å². The molecule has 1 amide bonds. The summed E-state index contributed by atoms with van der Waals surface area (Å²) in [6.45, 7) is 0. The van der Waals surface area contributed by atoms with Gasteiger partial charge in [-0.15, -0.1) is 12.4 Å². The number of carbonyl (C=O) groups is 1. The fourth-order valence-corrected chi connectivity index (χ4v) is 1.22. The van der Waals surface area contributed by atoms with Crippen molar-refractivity contribution < 1.29 is 9.90 Å². The second-order valence-electron chi connectivity index (χ2n) is 3.09. The van der Waals surface area contributed by atoms with E-state index in [1.54, 1.807) is 25.2 Å². The second kappa shape index (κ2) is 6.27. The molecule has 0 aliphatic heterocycles. The van der Waals surface area contributed by atoms with Gasteiger partial charge in [0, 0.05) is 7.05 Å². The maximum Gasteiger partial charge on any atom is 0.237 e. The second-order valence-corrected chi connectivity index (χ2v) is 3.09. The molecule has 84 valence electrons. The van der Waals surface area contributed by atoms with Crippen molar-refractivity contribution >= 4 is 18.3 Å². The monoisotopic (exact) mass is 230 g/mol. The maximum absolute atomic E-state index is 11.1. The van der Waals surface area contributed by atoms with Gasteiger partial charge in [0.25, 0.3) is 0 Å². The normalized spacial score (nSPS) is 11.3. The molecule has 0 saturated carbocycles. The molecule has 0 radical (unpaired) electrons. The van der Waals surface area contributed by atoms with Gasteiger partial charge >= 0.3 is 0 Å². The number of phenolic OH excluding ortho intramolecular Hbond substituents is 1. The molecule has 15 heavy (non-hydrogen) atoms. The van der Waals surface area contributed by atoms with Crippen LogP contribution >= 0.6 is 12.4 Å². The Morgan fingerprint density at radius 1 is 1.60 bits per heavy atom. The van der Waals surface area contributed by atoms with Gasteiger partial charge in [-0.2, -0.15) is 0 Å². The number of benzene rings is 1. The Balaban J connectivity index is 0.00000196. The zero-order chi connectivity index (χ0) is 10.6. The summed E-state index contributed by atoms with van der Waals surface area (Å²) < 4.78 is 0. The van der Waals surface area contributed by atoms with Crippen LogP contribution in [0.25, 0.3) is 0 Å². The van der Waals surface area contributed by atoms with Gasteiger partial charge in [0.15, 0.2) is 0 Å². The molecular formula is C10H15ClN2O2. The fourth-order valence-electron chi connectivity index (χ4n) is 1.22. The molecule has 0 bridgehead atoms. The highest BCUT2D eigenvalue weighted by Gasteiger charge is 2.11. The molecule has 0 aliphatic rings. The largest absolute Gasteiger partial charge is 0.508 e. The van der Waals surface area contributed by atoms with Crippen LogP contribution < -0.4 is 11.1 Å². The average Bonchev–Trinajstić information content (AvgIpc) is 2.16. The minimum Gasteiger partial charge on any atom is -0.508 e. The molecule has 0 unspecified atom stereocenters. The lowest BCUT2D eigenvalue weighted by molar-refractivity contribution is -0.121. The van der Waals surface area contributed by atoms with E-state index >= 15 is 0 Å². The summed E-state index contributed by atoms with van der Waals surface area (Å²) in [6, 6.07) is 6.16. The number of phenols is 1. The molecule has 4 nitrogen and oxygen atoms in total. The van der Waals surface area contributed by atoms with Crippen LogP contribution in [0.15, 0.2) is 24.3 Å². The number of hydrogen-bond acceptors (Lipinski definition) is 3. The topological polar surface area (TPSA) is 75.4 Å². The number of rotatable bonds is 3. The number of aromatic hydroxyl groups is 1. The summed E-state index contributed by atoms with van der Waals surface area (Å²) in [4.78, 5) is 11.1. The molecular weight excluding hydrogens is 216 g/mol. The van der Waals surface area contributed by atoms with E-state index in [0.29, 0.717) is 6.42 Å². The van der Waals surface area contributed by atoms with Gasteiger partial charge < -0.3 is 16.2 Å². The van der Waals surface area contributed by atoms with Gasteiger partial charge in [-0.1, -0.05) is 12.1 Å². The standard InChI is InChI=1S/C10H14N2O2.ClH/c1-12-10(14)9(11)6-7-3-2-4-8(13)5-7;/h2-5,9,13H,6,11H2,1H3,(H,12,14);1H/t9-;/m0./s1. The molecule has 1 atom stereocenters. The minimum atomic E-state index is -0.568. The summed E-state index contributed by atoms with van der Waals surface area (Å²) in [7, 11) is 1.55. The van der Waals surface area contributed by atoms with Gasteiger partial charge in [-0.25, -0.2) is 0 Å². The van der Waals surface area contributed by atoms with Crippen molar-refractivity contribution in [2.75, 3.05) is 7.05 Å². The third-order valence-electron chi connectivity index (χ3n) is 1.95. The molecule has 5 heteroatoms. The lowest BCUT2D eigenvalue weighted by Gasteiger charge is -2.09. The van der Waals surface area contributed by atoms with Crippen LogP contribution in [0.4, 0.5) is 0 Å². The molecule has 1 aromatic rings. The van der Waals surface area contributed by atoms with Crippen LogP contribution in [0.2, 0.25) is 0 Å². The molecule has 0 aromatic heterocycles. The third-order valence-corrected chi connectivity index (χ3v) is 1.95. The van der Waals surface area contributed by atoms with Gasteiger partial charge in [-0.3, -0.25) is 4.79 Å². The summed E-state index contributed by atoms with van der Waals surface area (Å²) in [5.74, 6) is -0.0139. The molecule has 0 heterocycles. The third kappa shape index (κ3) is 4.18. The Morgan fingerprint density at radius 3 is 2.80 bits per heavy atom. The predicted octanol–water partition coefficient (Wildman–Crippen LogP) is 0.430. The predicted molar refractivity (Wildman–Crippen MR) is 61.1 cm³/mol. The molecule has 1 rings (SSSR count). The van der Waals surface area contributed by atoms with E-state index in [0.717, 1.165) is 5.56 Å². The van der Waals surface area contributed by atoms with Gasteiger partial charge in [0.05, 0.1) is 6.04 Å². The Kier molecular flexibility index (Phi) is 5.74. The van der Waals surface area contributed by atoms with Crippen LogP contribution in [0, 0.1) is 0 Å². The highest BCUT2D eigenvalue weighted by molar-refractivity contribution is 5.85. The van der Waals surface area contributed by atoms with Crippen molar-refractivity contribution in [1.82, 2.24) is 5.32 Å². The van der Waals surface area contributed by atoms with Crippen molar-refractivity contribution in [3.05, 3.63) is 29.8 Å². The quantitative estimate of drug-likeness (QED) is 0.705. The highest BCUT2D eigenvalue weighted by Crippen LogP contribution is 2.11. The first kappa shape index (κ1) is 13.7. The van der Waals surface area contributed by atoms with E-state index in [9.17, 15) is 9.90 Å². The van der Waals surface area contributed by atoms with E-state index in [1.165, 1.54) is 0 Å². The van der Waals surface area contributed by atoms with Crippen LogP contribution in [0.1, 0.15) is 5.56 Å². The van der Waals surface area contributed by atoms with Crippen molar-refractivity contribution in [2.24, 2.45) is 5.73 Å². The number of amides is 1. The van der Waals surface area contributed by atoms with Crippen molar-refractivity contribution in [1.29, 1.82) is 0 Å². The van der Waals surface area contributed by atoms with Crippen molar-refractivity contribution in [2.45, 2.75) is 12.5 Å². The Labute approximate surface area is 94.9 Å². The van der Waals surface area contributed by atoms with E-state index < -0.39 is 6.04 Å². The maximum atomic E-state index is 11.1. The highest BCUT2D eigenvalue weighted by atomic mass is 35.5.